The maximum Gasteiger partial charge on any atom is 0.371 e. The van der Waals surface area contributed by atoms with Crippen molar-refractivity contribution < 1.29 is 15.0 Å². The van der Waals surface area contributed by atoms with Crippen LogP contribution in [0.5, 0.6) is 0 Å². The van der Waals surface area contributed by atoms with Crippen molar-refractivity contribution in [1.82, 2.24) is 0 Å². The van der Waals surface area contributed by atoms with Crippen LogP contribution in [-0.4, -0.2) is 16.2 Å². The molecule has 28 heavy (non-hydrogen) atoms. The molecule has 0 aliphatic rings. The number of carboxylic acids is 1. The van der Waals surface area contributed by atoms with Gasteiger partial charge in [-0.3, -0.25) is 0 Å². The molecule has 138 valence electrons. The Labute approximate surface area is 163 Å². The fraction of sp³-hybridized carbons (Fsp3) is 0.0800. The van der Waals surface area contributed by atoms with E-state index in [1.54, 1.807) is 0 Å². The predicted octanol–water partition coefficient (Wildman–Crippen LogP) is 5.98. The van der Waals surface area contributed by atoms with Gasteiger partial charge in [-0.2, -0.15) is 0 Å². The minimum absolute atomic E-state index is 0.439. The van der Waals surface area contributed by atoms with Crippen LogP contribution in [0.15, 0.2) is 90.7 Å². The minimum Gasteiger partial charge on any atom is -0.502 e. The summed E-state index contributed by atoms with van der Waals surface area (Å²) in [6.45, 7) is 0. The summed E-state index contributed by atoms with van der Waals surface area (Å²) >= 11 is 0. The molecule has 0 spiro atoms. The van der Waals surface area contributed by atoms with E-state index >= 15 is 0 Å². The van der Waals surface area contributed by atoms with Gasteiger partial charge in [0.2, 0.25) is 5.76 Å². The van der Waals surface area contributed by atoms with Crippen molar-refractivity contribution in [3.8, 4) is 0 Å². The fourth-order valence-electron chi connectivity index (χ4n) is 3.57. The molecule has 2 N–H and O–H groups in total. The topological polar surface area (TPSA) is 57.5 Å². The molecule has 4 rings (SSSR count). The summed E-state index contributed by atoms with van der Waals surface area (Å²) in [4.78, 5) is 11.5. The normalized spacial score (nSPS) is 12.1. The number of allylic oxidation sites excluding steroid dienone is 1. The molecule has 0 atom stereocenters. The third-order valence-corrected chi connectivity index (χ3v) is 5.06. The van der Waals surface area contributed by atoms with Gasteiger partial charge < -0.3 is 10.2 Å². The number of rotatable bonds is 5. The van der Waals surface area contributed by atoms with Crippen LogP contribution in [0.4, 0.5) is 0 Å². The summed E-state index contributed by atoms with van der Waals surface area (Å²) in [5.41, 5.74) is 2.29. The number of fused-ring (bicyclic) bond motifs is 2. The Morgan fingerprint density at radius 3 is 1.89 bits per heavy atom. The lowest BCUT2D eigenvalue weighted by Gasteiger charge is -2.11. The number of carboxylic acid groups (broad SMARTS) is 1. The number of carbonyl (C=O) groups is 1. The Morgan fingerprint density at radius 2 is 1.25 bits per heavy atom. The first-order valence-corrected chi connectivity index (χ1v) is 9.24. The average Bonchev–Trinajstić information content (AvgIpc) is 2.73. The van der Waals surface area contributed by atoms with Gasteiger partial charge in [0.25, 0.3) is 0 Å². The highest BCUT2D eigenvalue weighted by molar-refractivity contribution is 5.95. The van der Waals surface area contributed by atoms with Crippen LogP contribution in [0.2, 0.25) is 0 Å². The Balaban J connectivity index is 1.67. The molecule has 0 saturated carbocycles. The molecule has 4 aromatic rings. The van der Waals surface area contributed by atoms with Crippen LogP contribution in [-0.2, 0) is 11.2 Å². The quantitative estimate of drug-likeness (QED) is 0.336. The van der Waals surface area contributed by atoms with Crippen LogP contribution >= 0.6 is 0 Å². The van der Waals surface area contributed by atoms with E-state index in [0.717, 1.165) is 27.3 Å². The third kappa shape index (κ3) is 3.60. The van der Waals surface area contributed by atoms with Crippen molar-refractivity contribution in [3.05, 3.63) is 102 Å². The summed E-state index contributed by atoms with van der Waals surface area (Å²) in [5.74, 6) is -1.89. The van der Waals surface area contributed by atoms with E-state index in [4.69, 9.17) is 0 Å². The van der Waals surface area contributed by atoms with E-state index in [1.807, 2.05) is 54.6 Å². The van der Waals surface area contributed by atoms with Gasteiger partial charge in [-0.1, -0.05) is 78.9 Å². The van der Waals surface area contributed by atoms with Crippen molar-refractivity contribution in [2.24, 2.45) is 0 Å². The molecule has 3 nitrogen and oxygen atoms in total. The van der Waals surface area contributed by atoms with E-state index in [9.17, 15) is 15.0 Å². The number of hydrogen-bond acceptors (Lipinski definition) is 2. The molecule has 0 unspecified atom stereocenters. The molecular weight excluding hydrogens is 348 g/mol. The number of aryl methyl sites for hydroxylation is 1. The maximum atomic E-state index is 11.5. The zero-order valence-corrected chi connectivity index (χ0v) is 15.3. The highest BCUT2D eigenvalue weighted by atomic mass is 16.4. The fourth-order valence-corrected chi connectivity index (χ4v) is 3.57. The Kier molecular flexibility index (Phi) is 4.81. The van der Waals surface area contributed by atoms with E-state index in [2.05, 4.69) is 30.3 Å². The molecule has 0 aliphatic heterocycles. The van der Waals surface area contributed by atoms with Crippen LogP contribution < -0.4 is 0 Å². The molecule has 3 heteroatoms. The van der Waals surface area contributed by atoms with E-state index in [-0.39, 0.29) is 0 Å². The van der Waals surface area contributed by atoms with Gasteiger partial charge in [-0.25, -0.2) is 4.79 Å². The summed E-state index contributed by atoms with van der Waals surface area (Å²) in [5, 5.41) is 24.0. The van der Waals surface area contributed by atoms with E-state index in [1.165, 1.54) is 5.39 Å². The number of aliphatic hydroxyl groups excluding tert-OH is 1. The molecule has 0 aromatic heterocycles. The summed E-state index contributed by atoms with van der Waals surface area (Å²) in [7, 11) is 0. The minimum atomic E-state index is -1.30. The van der Waals surface area contributed by atoms with E-state index in [0.29, 0.717) is 18.4 Å². The van der Waals surface area contributed by atoms with Gasteiger partial charge in [-0.05, 0) is 51.6 Å². The first kappa shape index (κ1) is 17.8. The lowest BCUT2D eigenvalue weighted by atomic mass is 9.94. The number of aliphatic hydroxyl groups is 1. The van der Waals surface area contributed by atoms with Gasteiger partial charge in [0.1, 0.15) is 0 Å². The molecule has 0 radical (unpaired) electrons. The predicted molar refractivity (Wildman–Crippen MR) is 113 cm³/mol. The Bertz CT molecular complexity index is 1200. The molecule has 0 bridgehead atoms. The molecule has 0 aliphatic carbocycles. The molecule has 0 fully saturated rings. The SMILES string of the molecule is O=C(O)/C(O)=C(\CCc1ccc2ccccc2c1)c1ccc2ccccc2c1. The van der Waals surface area contributed by atoms with Crippen molar-refractivity contribution in [1.29, 1.82) is 0 Å². The Hall–Kier alpha value is -3.59. The van der Waals surface area contributed by atoms with Crippen LogP contribution in [0.1, 0.15) is 17.5 Å². The second kappa shape index (κ2) is 7.57. The number of hydrogen-bond donors (Lipinski definition) is 2. The molecular formula is C25H20O3. The monoisotopic (exact) mass is 368 g/mol. The Morgan fingerprint density at radius 1 is 0.679 bits per heavy atom. The second-order valence-electron chi connectivity index (χ2n) is 6.88. The van der Waals surface area contributed by atoms with Gasteiger partial charge >= 0.3 is 5.97 Å². The first-order chi connectivity index (χ1) is 13.6. The summed E-state index contributed by atoms with van der Waals surface area (Å²) < 4.78 is 0. The largest absolute Gasteiger partial charge is 0.502 e. The first-order valence-electron chi connectivity index (χ1n) is 9.24. The van der Waals surface area contributed by atoms with Crippen molar-refractivity contribution in [2.75, 3.05) is 0 Å². The van der Waals surface area contributed by atoms with Crippen LogP contribution in [0.3, 0.4) is 0 Å². The smallest absolute Gasteiger partial charge is 0.371 e. The second-order valence-corrected chi connectivity index (χ2v) is 6.88. The molecule has 4 aromatic carbocycles. The number of aliphatic carboxylic acids is 1. The molecule has 0 heterocycles. The summed E-state index contributed by atoms with van der Waals surface area (Å²) in [6, 6.07) is 28.0. The standard InChI is InChI=1S/C25H20O3/c26-24(25(27)28)23(22-13-12-19-6-2-4-8-21(19)16-22)14-10-17-9-11-18-5-1-3-7-20(18)15-17/h1-9,11-13,15-16,26H,10,14H2,(H,27,28)/b24-23-. The van der Waals surface area contributed by atoms with Crippen molar-refractivity contribution in [2.45, 2.75) is 12.8 Å². The maximum absolute atomic E-state index is 11.5. The lowest BCUT2D eigenvalue weighted by molar-refractivity contribution is -0.135. The zero-order chi connectivity index (χ0) is 19.5. The van der Waals surface area contributed by atoms with Gasteiger partial charge in [0, 0.05) is 5.57 Å². The van der Waals surface area contributed by atoms with Crippen molar-refractivity contribution in [3.63, 3.8) is 0 Å². The highest BCUT2D eigenvalue weighted by Gasteiger charge is 2.15. The zero-order valence-electron chi connectivity index (χ0n) is 15.3. The van der Waals surface area contributed by atoms with Gasteiger partial charge in [-0.15, -0.1) is 0 Å². The van der Waals surface area contributed by atoms with Gasteiger partial charge in [0.05, 0.1) is 0 Å². The number of benzene rings is 4. The summed E-state index contributed by atoms with van der Waals surface area (Å²) in [6.07, 6.45) is 1.08. The third-order valence-electron chi connectivity index (χ3n) is 5.06. The molecule has 0 saturated heterocycles. The van der Waals surface area contributed by atoms with E-state index < -0.39 is 11.7 Å². The highest BCUT2D eigenvalue weighted by Crippen LogP contribution is 2.28. The molecule has 0 amide bonds. The van der Waals surface area contributed by atoms with Gasteiger partial charge in [0.15, 0.2) is 0 Å². The van der Waals surface area contributed by atoms with Crippen LogP contribution in [0.25, 0.3) is 27.1 Å². The lowest BCUT2D eigenvalue weighted by Crippen LogP contribution is -2.04. The van der Waals surface area contributed by atoms with Crippen LogP contribution in [0, 0.1) is 0 Å². The van der Waals surface area contributed by atoms with Crippen molar-refractivity contribution >= 4 is 33.1 Å². The average molecular weight is 368 g/mol.